The fourth-order valence-electron chi connectivity index (χ4n) is 3.46. The van der Waals surface area contributed by atoms with Crippen LogP contribution in [0.3, 0.4) is 0 Å². The SMILES string of the molecule is c1cc(N2CCCCC2)ccc1Nc1cnnc(N2CCCC2)n1. The van der Waals surface area contributed by atoms with Gasteiger partial charge in [-0.25, -0.2) is 0 Å². The van der Waals surface area contributed by atoms with Crippen molar-refractivity contribution in [1.82, 2.24) is 15.2 Å². The molecule has 2 saturated heterocycles. The lowest BCUT2D eigenvalue weighted by Gasteiger charge is -2.28. The third kappa shape index (κ3) is 3.42. The van der Waals surface area contributed by atoms with E-state index in [4.69, 9.17) is 0 Å². The maximum absolute atomic E-state index is 4.59. The van der Waals surface area contributed by atoms with Crippen LogP contribution in [0.1, 0.15) is 32.1 Å². The molecule has 2 aromatic rings. The van der Waals surface area contributed by atoms with Crippen LogP contribution in [0, 0.1) is 0 Å². The summed E-state index contributed by atoms with van der Waals surface area (Å²) in [5.74, 6) is 1.47. The highest BCUT2D eigenvalue weighted by Gasteiger charge is 2.16. The van der Waals surface area contributed by atoms with Gasteiger partial charge in [-0.15, -0.1) is 5.10 Å². The van der Waals surface area contributed by atoms with Crippen molar-refractivity contribution in [2.24, 2.45) is 0 Å². The molecule has 0 spiro atoms. The van der Waals surface area contributed by atoms with Gasteiger partial charge in [0, 0.05) is 37.6 Å². The molecule has 0 amide bonds. The van der Waals surface area contributed by atoms with Gasteiger partial charge in [-0.1, -0.05) is 0 Å². The van der Waals surface area contributed by atoms with Gasteiger partial charge in [-0.2, -0.15) is 10.1 Å². The van der Waals surface area contributed by atoms with Crippen LogP contribution < -0.4 is 15.1 Å². The van der Waals surface area contributed by atoms with E-state index in [-0.39, 0.29) is 0 Å². The molecule has 2 aliphatic heterocycles. The van der Waals surface area contributed by atoms with Crippen LogP contribution in [0.5, 0.6) is 0 Å². The number of piperidine rings is 1. The van der Waals surface area contributed by atoms with E-state index in [0.717, 1.165) is 30.5 Å². The number of nitrogens with zero attached hydrogens (tertiary/aromatic N) is 5. The molecule has 126 valence electrons. The van der Waals surface area contributed by atoms with Gasteiger partial charge in [-0.05, 0) is 56.4 Å². The second-order valence-corrected chi connectivity index (χ2v) is 6.56. The fraction of sp³-hybridized carbons (Fsp3) is 0.500. The van der Waals surface area contributed by atoms with Gasteiger partial charge >= 0.3 is 0 Å². The van der Waals surface area contributed by atoms with Crippen molar-refractivity contribution in [3.63, 3.8) is 0 Å². The number of hydrogen-bond acceptors (Lipinski definition) is 6. The van der Waals surface area contributed by atoms with Gasteiger partial charge in [-0.3, -0.25) is 0 Å². The molecule has 0 bridgehead atoms. The summed E-state index contributed by atoms with van der Waals surface area (Å²) in [7, 11) is 0. The molecule has 0 unspecified atom stereocenters. The third-order valence-electron chi connectivity index (χ3n) is 4.80. The lowest BCUT2D eigenvalue weighted by Crippen LogP contribution is -2.29. The van der Waals surface area contributed by atoms with E-state index in [0.29, 0.717) is 0 Å². The standard InChI is InChI=1S/C18H24N6/c1-2-10-23(11-3-1)16-8-6-15(7-9-16)20-17-14-19-22-18(21-17)24-12-4-5-13-24/h6-9,14H,1-5,10-13H2,(H,20,21,22). The van der Waals surface area contributed by atoms with E-state index in [1.54, 1.807) is 6.20 Å². The van der Waals surface area contributed by atoms with Crippen molar-refractivity contribution >= 4 is 23.1 Å². The highest BCUT2D eigenvalue weighted by atomic mass is 15.3. The smallest absolute Gasteiger partial charge is 0.247 e. The summed E-state index contributed by atoms with van der Waals surface area (Å²) >= 11 is 0. The van der Waals surface area contributed by atoms with Crippen LogP contribution >= 0.6 is 0 Å². The first-order chi connectivity index (χ1) is 11.9. The molecule has 0 radical (unpaired) electrons. The number of nitrogens with one attached hydrogen (secondary N) is 1. The van der Waals surface area contributed by atoms with E-state index in [1.165, 1.54) is 50.9 Å². The normalized spacial score (nSPS) is 18.0. The lowest BCUT2D eigenvalue weighted by atomic mass is 10.1. The number of anilines is 4. The van der Waals surface area contributed by atoms with E-state index >= 15 is 0 Å². The second kappa shape index (κ2) is 7.03. The highest BCUT2D eigenvalue weighted by Crippen LogP contribution is 2.23. The highest BCUT2D eigenvalue weighted by molar-refractivity contribution is 5.61. The molecule has 0 aliphatic carbocycles. The van der Waals surface area contributed by atoms with Crippen LogP contribution in [0.15, 0.2) is 30.5 Å². The average Bonchev–Trinajstić information content (AvgIpc) is 3.18. The van der Waals surface area contributed by atoms with Crippen LogP contribution in [0.2, 0.25) is 0 Å². The van der Waals surface area contributed by atoms with E-state index in [9.17, 15) is 0 Å². The zero-order valence-corrected chi connectivity index (χ0v) is 14.0. The fourth-order valence-corrected chi connectivity index (χ4v) is 3.46. The molecule has 1 aromatic carbocycles. The Hall–Kier alpha value is -2.37. The summed E-state index contributed by atoms with van der Waals surface area (Å²) in [6.07, 6.45) is 8.05. The molecule has 4 rings (SSSR count). The molecular formula is C18H24N6. The zero-order chi connectivity index (χ0) is 16.2. The summed E-state index contributed by atoms with van der Waals surface area (Å²) in [4.78, 5) is 9.25. The van der Waals surface area contributed by atoms with Gasteiger partial charge in [0.15, 0.2) is 5.82 Å². The van der Waals surface area contributed by atoms with Crippen molar-refractivity contribution < 1.29 is 0 Å². The van der Waals surface area contributed by atoms with Crippen molar-refractivity contribution in [3.05, 3.63) is 30.5 Å². The summed E-state index contributed by atoms with van der Waals surface area (Å²) in [6, 6.07) is 8.59. The molecule has 3 heterocycles. The Bertz CT molecular complexity index is 659. The maximum Gasteiger partial charge on any atom is 0.247 e. The van der Waals surface area contributed by atoms with Gasteiger partial charge in [0.1, 0.15) is 0 Å². The summed E-state index contributed by atoms with van der Waals surface area (Å²) in [5.41, 5.74) is 2.34. The molecule has 6 heteroatoms. The van der Waals surface area contributed by atoms with E-state index < -0.39 is 0 Å². The Morgan fingerprint density at radius 3 is 2.21 bits per heavy atom. The van der Waals surface area contributed by atoms with Crippen LogP contribution in [0.25, 0.3) is 0 Å². The first-order valence-corrected chi connectivity index (χ1v) is 8.95. The Kier molecular flexibility index (Phi) is 4.44. The van der Waals surface area contributed by atoms with E-state index in [2.05, 4.69) is 54.6 Å². The largest absolute Gasteiger partial charge is 0.372 e. The van der Waals surface area contributed by atoms with Crippen molar-refractivity contribution in [1.29, 1.82) is 0 Å². The molecule has 2 aliphatic rings. The van der Waals surface area contributed by atoms with E-state index in [1.807, 2.05) is 0 Å². The Labute approximate surface area is 142 Å². The second-order valence-electron chi connectivity index (χ2n) is 6.56. The topological polar surface area (TPSA) is 57.2 Å². The predicted molar refractivity (Wildman–Crippen MR) is 97.1 cm³/mol. The van der Waals surface area contributed by atoms with Crippen LogP contribution in [0.4, 0.5) is 23.1 Å². The Balaban J connectivity index is 1.44. The molecule has 24 heavy (non-hydrogen) atoms. The van der Waals surface area contributed by atoms with Crippen molar-refractivity contribution in [2.45, 2.75) is 32.1 Å². The lowest BCUT2D eigenvalue weighted by molar-refractivity contribution is 0.578. The first kappa shape index (κ1) is 15.2. The average molecular weight is 324 g/mol. The first-order valence-electron chi connectivity index (χ1n) is 8.95. The minimum absolute atomic E-state index is 0.724. The van der Waals surface area contributed by atoms with Crippen LogP contribution in [-0.2, 0) is 0 Å². The van der Waals surface area contributed by atoms with Crippen molar-refractivity contribution in [3.8, 4) is 0 Å². The monoisotopic (exact) mass is 324 g/mol. The minimum atomic E-state index is 0.724. The molecule has 2 fully saturated rings. The summed E-state index contributed by atoms with van der Waals surface area (Å²) in [5, 5.41) is 11.6. The Morgan fingerprint density at radius 2 is 1.46 bits per heavy atom. The maximum atomic E-state index is 4.59. The van der Waals surface area contributed by atoms with Gasteiger partial charge < -0.3 is 15.1 Å². The van der Waals surface area contributed by atoms with Gasteiger partial charge in [0.25, 0.3) is 0 Å². The van der Waals surface area contributed by atoms with Gasteiger partial charge in [0.2, 0.25) is 5.95 Å². The molecule has 1 N–H and O–H groups in total. The Morgan fingerprint density at radius 1 is 0.792 bits per heavy atom. The minimum Gasteiger partial charge on any atom is -0.372 e. The number of hydrogen-bond donors (Lipinski definition) is 1. The molecule has 0 atom stereocenters. The van der Waals surface area contributed by atoms with Crippen LogP contribution in [-0.4, -0.2) is 41.4 Å². The summed E-state index contributed by atoms with van der Waals surface area (Å²) < 4.78 is 0. The predicted octanol–water partition coefficient (Wildman–Crippen LogP) is 3.21. The zero-order valence-electron chi connectivity index (χ0n) is 14.0. The summed E-state index contributed by atoms with van der Waals surface area (Å²) in [6.45, 7) is 4.38. The third-order valence-corrected chi connectivity index (χ3v) is 4.80. The van der Waals surface area contributed by atoms with Gasteiger partial charge in [0.05, 0.1) is 6.20 Å². The molecule has 1 aromatic heterocycles. The molecule has 6 nitrogen and oxygen atoms in total. The molecule has 0 saturated carbocycles. The quantitative estimate of drug-likeness (QED) is 0.932. The number of rotatable bonds is 4. The molecular weight excluding hydrogens is 300 g/mol. The van der Waals surface area contributed by atoms with Crippen molar-refractivity contribution in [2.75, 3.05) is 41.3 Å². The number of aromatic nitrogens is 3. The number of benzene rings is 1.